The molecule has 1 aromatic heterocycles. The van der Waals surface area contributed by atoms with Gasteiger partial charge in [0.2, 0.25) is 0 Å². The minimum atomic E-state index is -0.441. The van der Waals surface area contributed by atoms with Gasteiger partial charge in [0.05, 0.1) is 18.9 Å². The van der Waals surface area contributed by atoms with Gasteiger partial charge in [-0.2, -0.15) is 0 Å². The SMILES string of the molecule is COC(=O)Cn1cc(COc2ccc(F)c3c2C(=O)CC3C)nn1. The summed E-state index contributed by atoms with van der Waals surface area (Å²) in [6.07, 6.45) is 1.83. The Balaban J connectivity index is 1.74. The van der Waals surface area contributed by atoms with Crippen molar-refractivity contribution in [3.63, 3.8) is 0 Å². The summed E-state index contributed by atoms with van der Waals surface area (Å²) in [5.74, 6) is -0.773. The Labute approximate surface area is 137 Å². The lowest BCUT2D eigenvalue weighted by molar-refractivity contribution is -0.141. The van der Waals surface area contributed by atoms with E-state index in [1.54, 1.807) is 6.20 Å². The molecule has 1 atom stereocenters. The van der Waals surface area contributed by atoms with Crippen molar-refractivity contribution in [1.29, 1.82) is 0 Å². The van der Waals surface area contributed by atoms with Crippen LogP contribution in [0.1, 0.15) is 40.9 Å². The van der Waals surface area contributed by atoms with E-state index < -0.39 is 5.97 Å². The predicted octanol–water partition coefficient (Wildman–Crippen LogP) is 1.86. The number of carbonyl (C=O) groups excluding carboxylic acids is 2. The summed E-state index contributed by atoms with van der Waals surface area (Å²) >= 11 is 0. The number of aromatic nitrogens is 3. The van der Waals surface area contributed by atoms with Crippen LogP contribution >= 0.6 is 0 Å². The number of ketones is 1. The number of hydrogen-bond donors (Lipinski definition) is 0. The monoisotopic (exact) mass is 333 g/mol. The molecule has 0 saturated heterocycles. The Morgan fingerprint density at radius 3 is 3.00 bits per heavy atom. The van der Waals surface area contributed by atoms with Crippen LogP contribution in [0.3, 0.4) is 0 Å². The normalized spacial score (nSPS) is 16.1. The maximum atomic E-state index is 13.9. The van der Waals surface area contributed by atoms with Gasteiger partial charge >= 0.3 is 5.97 Å². The van der Waals surface area contributed by atoms with Crippen molar-refractivity contribution >= 4 is 11.8 Å². The molecule has 0 spiro atoms. The first-order valence-electron chi connectivity index (χ1n) is 7.43. The number of ether oxygens (including phenoxy) is 2. The molecule has 0 fully saturated rings. The van der Waals surface area contributed by atoms with Gasteiger partial charge in [-0.25, -0.2) is 9.07 Å². The highest BCUT2D eigenvalue weighted by Gasteiger charge is 2.32. The molecule has 1 aromatic carbocycles. The van der Waals surface area contributed by atoms with Gasteiger partial charge in [-0.15, -0.1) is 5.10 Å². The molecule has 0 aliphatic heterocycles. The van der Waals surface area contributed by atoms with E-state index in [2.05, 4.69) is 15.0 Å². The quantitative estimate of drug-likeness (QED) is 0.777. The second kappa shape index (κ2) is 6.38. The van der Waals surface area contributed by atoms with Crippen molar-refractivity contribution in [2.45, 2.75) is 32.4 Å². The van der Waals surface area contributed by atoms with Crippen LogP contribution in [0.5, 0.6) is 5.75 Å². The van der Waals surface area contributed by atoms with Crippen molar-refractivity contribution in [3.05, 3.63) is 41.0 Å². The van der Waals surface area contributed by atoms with Gasteiger partial charge in [-0.05, 0) is 18.1 Å². The molecule has 3 rings (SSSR count). The minimum Gasteiger partial charge on any atom is -0.486 e. The van der Waals surface area contributed by atoms with Crippen molar-refractivity contribution in [1.82, 2.24) is 15.0 Å². The Hall–Kier alpha value is -2.77. The van der Waals surface area contributed by atoms with Crippen molar-refractivity contribution in [2.75, 3.05) is 7.11 Å². The summed E-state index contributed by atoms with van der Waals surface area (Å²) in [4.78, 5) is 23.3. The lowest BCUT2D eigenvalue weighted by Crippen LogP contribution is -2.11. The first kappa shape index (κ1) is 16.1. The Morgan fingerprint density at radius 2 is 2.25 bits per heavy atom. The molecule has 8 heteroatoms. The minimum absolute atomic E-state index is 0.0502. The van der Waals surface area contributed by atoms with Gasteiger partial charge in [-0.3, -0.25) is 9.59 Å². The maximum Gasteiger partial charge on any atom is 0.327 e. The molecule has 0 saturated carbocycles. The van der Waals surface area contributed by atoms with E-state index in [0.717, 1.165) is 0 Å². The molecular formula is C16H16FN3O4. The molecule has 1 heterocycles. The van der Waals surface area contributed by atoms with Crippen LogP contribution in [0.4, 0.5) is 4.39 Å². The number of methoxy groups -OCH3 is 1. The molecule has 24 heavy (non-hydrogen) atoms. The molecule has 1 aliphatic carbocycles. The van der Waals surface area contributed by atoms with E-state index >= 15 is 0 Å². The second-order valence-corrected chi connectivity index (χ2v) is 5.63. The van der Waals surface area contributed by atoms with Crippen molar-refractivity contribution in [3.8, 4) is 5.75 Å². The van der Waals surface area contributed by atoms with Crippen LogP contribution in [0.25, 0.3) is 0 Å². The van der Waals surface area contributed by atoms with Gasteiger partial charge in [0, 0.05) is 12.0 Å². The summed E-state index contributed by atoms with van der Waals surface area (Å²) in [7, 11) is 1.29. The lowest BCUT2D eigenvalue weighted by Gasteiger charge is -2.10. The number of benzene rings is 1. The molecule has 0 amide bonds. The molecule has 0 radical (unpaired) electrons. The Morgan fingerprint density at radius 1 is 1.46 bits per heavy atom. The van der Waals surface area contributed by atoms with Crippen LogP contribution in [-0.2, 0) is 22.7 Å². The molecule has 1 unspecified atom stereocenters. The highest BCUT2D eigenvalue weighted by Crippen LogP contribution is 2.39. The number of nitrogens with zero attached hydrogens (tertiary/aromatic N) is 3. The molecule has 1 aliphatic rings. The highest BCUT2D eigenvalue weighted by molar-refractivity contribution is 6.03. The zero-order valence-electron chi connectivity index (χ0n) is 13.3. The molecule has 2 aromatic rings. The number of hydrogen-bond acceptors (Lipinski definition) is 6. The lowest BCUT2D eigenvalue weighted by atomic mass is 10.0. The summed E-state index contributed by atoms with van der Waals surface area (Å²) < 4.78 is 25.4. The van der Waals surface area contributed by atoms with E-state index in [9.17, 15) is 14.0 Å². The maximum absolute atomic E-state index is 13.9. The fourth-order valence-electron chi connectivity index (χ4n) is 2.78. The Bertz CT molecular complexity index is 803. The van der Waals surface area contributed by atoms with Crippen molar-refractivity contribution in [2.24, 2.45) is 0 Å². The number of Topliss-reactive ketones (excluding diaryl/α,β-unsaturated/α-hetero) is 1. The van der Waals surface area contributed by atoms with Crippen LogP contribution in [0.15, 0.2) is 18.3 Å². The summed E-state index contributed by atoms with van der Waals surface area (Å²) in [5, 5.41) is 7.67. The number of esters is 1. The summed E-state index contributed by atoms with van der Waals surface area (Å²) in [5.41, 5.74) is 1.20. The number of fused-ring (bicyclic) bond motifs is 1. The van der Waals surface area contributed by atoms with Gasteiger partial charge in [-0.1, -0.05) is 12.1 Å². The summed E-state index contributed by atoms with van der Waals surface area (Å²) in [6, 6.07) is 2.75. The smallest absolute Gasteiger partial charge is 0.327 e. The van der Waals surface area contributed by atoms with Crippen molar-refractivity contribution < 1.29 is 23.5 Å². The van der Waals surface area contributed by atoms with Crippen LogP contribution < -0.4 is 4.74 Å². The highest BCUT2D eigenvalue weighted by atomic mass is 19.1. The van der Waals surface area contributed by atoms with Crippen LogP contribution in [0, 0.1) is 5.82 Å². The standard InChI is InChI=1S/C16H16FN3O4/c1-9-5-12(21)16-13(4-3-11(17)15(9)16)24-8-10-6-20(19-18-10)7-14(22)23-2/h3-4,6,9H,5,7-8H2,1-2H3. The predicted molar refractivity (Wildman–Crippen MR) is 80.1 cm³/mol. The number of halogens is 1. The average Bonchev–Trinajstić information content (AvgIpc) is 3.11. The topological polar surface area (TPSA) is 83.3 Å². The van der Waals surface area contributed by atoms with E-state index in [-0.39, 0.29) is 37.1 Å². The van der Waals surface area contributed by atoms with Gasteiger partial charge < -0.3 is 9.47 Å². The fraction of sp³-hybridized carbons (Fsp3) is 0.375. The molecule has 0 N–H and O–H groups in total. The largest absolute Gasteiger partial charge is 0.486 e. The Kier molecular flexibility index (Phi) is 4.28. The third-order valence-corrected chi connectivity index (χ3v) is 3.90. The third-order valence-electron chi connectivity index (χ3n) is 3.90. The molecule has 126 valence electrons. The van der Waals surface area contributed by atoms with Gasteiger partial charge in [0.15, 0.2) is 5.78 Å². The third kappa shape index (κ3) is 2.99. The zero-order chi connectivity index (χ0) is 17.3. The number of carbonyl (C=O) groups is 2. The van der Waals surface area contributed by atoms with E-state index in [1.807, 2.05) is 6.92 Å². The first-order valence-corrected chi connectivity index (χ1v) is 7.43. The van der Waals surface area contributed by atoms with E-state index in [0.29, 0.717) is 22.6 Å². The van der Waals surface area contributed by atoms with Gasteiger partial charge in [0.25, 0.3) is 0 Å². The summed E-state index contributed by atoms with van der Waals surface area (Å²) in [6.45, 7) is 1.82. The average molecular weight is 333 g/mol. The van der Waals surface area contributed by atoms with E-state index in [4.69, 9.17) is 4.74 Å². The van der Waals surface area contributed by atoms with Crippen LogP contribution in [0.2, 0.25) is 0 Å². The first-order chi connectivity index (χ1) is 11.5. The molecule has 0 bridgehead atoms. The number of rotatable bonds is 5. The zero-order valence-corrected chi connectivity index (χ0v) is 13.3. The van der Waals surface area contributed by atoms with Gasteiger partial charge in [0.1, 0.15) is 30.4 Å². The molecular weight excluding hydrogens is 317 g/mol. The second-order valence-electron chi connectivity index (χ2n) is 5.63. The van der Waals surface area contributed by atoms with Crippen LogP contribution in [-0.4, -0.2) is 33.9 Å². The molecule has 7 nitrogen and oxygen atoms in total. The van der Waals surface area contributed by atoms with E-state index in [1.165, 1.54) is 23.9 Å². The fourth-order valence-corrected chi connectivity index (χ4v) is 2.78.